The number of aryl methyl sites for hydroxylation is 1. The van der Waals surface area contributed by atoms with Crippen LogP contribution in [-0.2, 0) is 23.6 Å². The van der Waals surface area contributed by atoms with Crippen LogP contribution in [0, 0.1) is 0 Å². The maximum atomic E-state index is 12.8. The molecule has 32 heavy (non-hydrogen) atoms. The number of anilines is 1. The average molecular weight is 451 g/mol. The molecule has 4 rings (SSSR count). The molecule has 1 amide bonds. The first-order valence-electron chi connectivity index (χ1n) is 9.83. The number of fused-ring (bicyclic) bond motifs is 1. The van der Waals surface area contributed by atoms with Crippen molar-refractivity contribution < 1.29 is 17.9 Å². The minimum Gasteiger partial charge on any atom is -0.497 e. The van der Waals surface area contributed by atoms with Crippen LogP contribution < -0.4 is 14.8 Å². The Morgan fingerprint density at radius 2 is 1.78 bits per heavy atom. The van der Waals surface area contributed by atoms with E-state index in [1.54, 1.807) is 30.3 Å². The molecule has 8 nitrogen and oxygen atoms in total. The average Bonchev–Trinajstić information content (AvgIpc) is 3.13. The van der Waals surface area contributed by atoms with Gasteiger partial charge in [0.1, 0.15) is 11.6 Å². The van der Waals surface area contributed by atoms with Gasteiger partial charge in [0.2, 0.25) is 0 Å². The largest absolute Gasteiger partial charge is 0.497 e. The van der Waals surface area contributed by atoms with Crippen LogP contribution in [0.25, 0.3) is 11.0 Å². The number of sulfonamides is 1. The maximum Gasteiger partial charge on any atom is 0.261 e. The van der Waals surface area contributed by atoms with Crippen molar-refractivity contribution in [3.05, 3.63) is 84.2 Å². The molecule has 4 aromatic rings. The number of para-hydroxylation sites is 2. The SMILES string of the molecule is COc1ccc(NS(=O)(=O)c2cccc(C(=O)NCc3nc4ccccc4n3C)c2)cc1. The van der Waals surface area contributed by atoms with E-state index in [1.165, 1.54) is 25.3 Å². The number of carbonyl (C=O) groups is 1. The van der Waals surface area contributed by atoms with Crippen LogP contribution in [0.15, 0.2) is 77.7 Å². The molecule has 0 saturated carbocycles. The quantitative estimate of drug-likeness (QED) is 0.450. The molecule has 164 valence electrons. The predicted molar refractivity (Wildman–Crippen MR) is 122 cm³/mol. The summed E-state index contributed by atoms with van der Waals surface area (Å²) in [6.07, 6.45) is 0. The van der Waals surface area contributed by atoms with Gasteiger partial charge in [0.25, 0.3) is 15.9 Å². The molecule has 0 radical (unpaired) electrons. The van der Waals surface area contributed by atoms with Gasteiger partial charge in [0.05, 0.1) is 29.6 Å². The molecule has 1 heterocycles. The van der Waals surface area contributed by atoms with E-state index in [2.05, 4.69) is 15.0 Å². The highest BCUT2D eigenvalue weighted by Gasteiger charge is 2.17. The lowest BCUT2D eigenvalue weighted by Gasteiger charge is -2.10. The van der Waals surface area contributed by atoms with Crippen molar-refractivity contribution in [3.8, 4) is 5.75 Å². The lowest BCUT2D eigenvalue weighted by atomic mass is 10.2. The molecule has 0 aliphatic rings. The lowest BCUT2D eigenvalue weighted by Crippen LogP contribution is -2.24. The van der Waals surface area contributed by atoms with Gasteiger partial charge < -0.3 is 14.6 Å². The Labute approximate surface area is 185 Å². The topological polar surface area (TPSA) is 102 Å². The summed E-state index contributed by atoms with van der Waals surface area (Å²) in [6.45, 7) is 0.213. The second-order valence-corrected chi connectivity index (χ2v) is 8.80. The molecular weight excluding hydrogens is 428 g/mol. The van der Waals surface area contributed by atoms with Crippen LogP contribution in [0.3, 0.4) is 0 Å². The van der Waals surface area contributed by atoms with Gasteiger partial charge in [-0.05, 0) is 54.6 Å². The highest BCUT2D eigenvalue weighted by molar-refractivity contribution is 7.92. The van der Waals surface area contributed by atoms with Gasteiger partial charge in [-0.15, -0.1) is 0 Å². The van der Waals surface area contributed by atoms with Gasteiger partial charge in [-0.2, -0.15) is 0 Å². The third-order valence-corrected chi connectivity index (χ3v) is 6.41. The summed E-state index contributed by atoms with van der Waals surface area (Å²) >= 11 is 0. The highest BCUT2D eigenvalue weighted by Crippen LogP contribution is 2.20. The Bertz CT molecular complexity index is 1380. The number of nitrogens with one attached hydrogen (secondary N) is 2. The normalized spacial score (nSPS) is 11.3. The van der Waals surface area contributed by atoms with E-state index < -0.39 is 15.9 Å². The van der Waals surface area contributed by atoms with Crippen molar-refractivity contribution in [2.24, 2.45) is 7.05 Å². The van der Waals surface area contributed by atoms with E-state index in [1.807, 2.05) is 35.9 Å². The number of methoxy groups -OCH3 is 1. The Morgan fingerprint density at radius 1 is 1.03 bits per heavy atom. The molecule has 0 bridgehead atoms. The first kappa shape index (κ1) is 21.4. The number of hydrogen-bond acceptors (Lipinski definition) is 5. The van der Waals surface area contributed by atoms with Crippen molar-refractivity contribution in [3.63, 3.8) is 0 Å². The maximum absolute atomic E-state index is 12.8. The van der Waals surface area contributed by atoms with E-state index in [0.29, 0.717) is 17.3 Å². The minimum absolute atomic E-state index is 0.0105. The van der Waals surface area contributed by atoms with Gasteiger partial charge in [-0.3, -0.25) is 9.52 Å². The summed E-state index contributed by atoms with van der Waals surface area (Å²) in [5.74, 6) is 0.926. The number of aromatic nitrogens is 2. The van der Waals surface area contributed by atoms with Crippen molar-refractivity contribution in [1.29, 1.82) is 0 Å². The molecule has 0 spiro atoms. The van der Waals surface area contributed by atoms with Crippen molar-refractivity contribution in [1.82, 2.24) is 14.9 Å². The fraction of sp³-hybridized carbons (Fsp3) is 0.130. The summed E-state index contributed by atoms with van der Waals surface area (Å²) in [6, 6.07) is 20.1. The predicted octanol–water partition coefficient (Wildman–Crippen LogP) is 3.31. The van der Waals surface area contributed by atoms with E-state index in [4.69, 9.17) is 4.74 Å². The molecule has 0 fully saturated rings. The number of carbonyl (C=O) groups excluding carboxylic acids is 1. The van der Waals surface area contributed by atoms with Gasteiger partial charge >= 0.3 is 0 Å². The highest BCUT2D eigenvalue weighted by atomic mass is 32.2. The van der Waals surface area contributed by atoms with Crippen molar-refractivity contribution in [2.45, 2.75) is 11.4 Å². The lowest BCUT2D eigenvalue weighted by molar-refractivity contribution is 0.0949. The molecule has 0 aliphatic carbocycles. The zero-order valence-electron chi connectivity index (χ0n) is 17.6. The van der Waals surface area contributed by atoms with Crippen LogP contribution in [0.5, 0.6) is 5.75 Å². The Morgan fingerprint density at radius 3 is 2.50 bits per heavy atom. The van der Waals surface area contributed by atoms with Gasteiger partial charge in [-0.1, -0.05) is 18.2 Å². The molecular formula is C23H22N4O4S. The standard InChI is InChI=1S/C23H22N4O4S/c1-27-21-9-4-3-8-20(21)25-22(27)15-24-23(28)16-6-5-7-19(14-16)32(29,30)26-17-10-12-18(31-2)13-11-17/h3-14,26H,15H2,1-2H3,(H,24,28). The van der Waals surface area contributed by atoms with E-state index in [9.17, 15) is 13.2 Å². The number of rotatable bonds is 7. The number of hydrogen-bond donors (Lipinski definition) is 2. The minimum atomic E-state index is -3.87. The zero-order chi connectivity index (χ0) is 22.7. The molecule has 3 aromatic carbocycles. The van der Waals surface area contributed by atoms with Crippen LogP contribution >= 0.6 is 0 Å². The van der Waals surface area contributed by atoms with E-state index >= 15 is 0 Å². The molecule has 0 aliphatic heterocycles. The molecule has 0 saturated heterocycles. The van der Waals surface area contributed by atoms with Crippen LogP contribution in [0.1, 0.15) is 16.2 Å². The monoisotopic (exact) mass is 450 g/mol. The van der Waals surface area contributed by atoms with Crippen LogP contribution in [0.2, 0.25) is 0 Å². The van der Waals surface area contributed by atoms with E-state index in [-0.39, 0.29) is 17.0 Å². The first-order valence-corrected chi connectivity index (χ1v) is 11.3. The fourth-order valence-corrected chi connectivity index (χ4v) is 4.40. The third kappa shape index (κ3) is 4.42. The molecule has 0 atom stereocenters. The number of imidazole rings is 1. The Kier molecular flexibility index (Phi) is 5.83. The second-order valence-electron chi connectivity index (χ2n) is 7.12. The summed E-state index contributed by atoms with van der Waals surface area (Å²) in [4.78, 5) is 17.2. The Hall–Kier alpha value is -3.85. The number of benzene rings is 3. The smallest absolute Gasteiger partial charge is 0.261 e. The van der Waals surface area contributed by atoms with Crippen LogP contribution in [0.4, 0.5) is 5.69 Å². The second kappa shape index (κ2) is 8.72. The fourth-order valence-electron chi connectivity index (χ4n) is 3.29. The molecule has 0 unspecified atom stereocenters. The molecule has 1 aromatic heterocycles. The summed E-state index contributed by atoms with van der Waals surface area (Å²) in [5, 5.41) is 2.81. The van der Waals surface area contributed by atoms with E-state index in [0.717, 1.165) is 11.0 Å². The summed E-state index contributed by atoms with van der Waals surface area (Å²) in [5.41, 5.74) is 2.44. The first-order chi connectivity index (χ1) is 15.4. The van der Waals surface area contributed by atoms with Gasteiger partial charge in [0.15, 0.2) is 0 Å². The zero-order valence-corrected chi connectivity index (χ0v) is 18.4. The van der Waals surface area contributed by atoms with Crippen molar-refractivity contribution in [2.75, 3.05) is 11.8 Å². The molecule has 2 N–H and O–H groups in total. The third-order valence-electron chi connectivity index (χ3n) is 5.04. The van der Waals surface area contributed by atoms with Crippen molar-refractivity contribution >= 4 is 32.7 Å². The number of ether oxygens (including phenoxy) is 1. The number of nitrogens with zero attached hydrogens (tertiary/aromatic N) is 2. The number of amides is 1. The summed E-state index contributed by atoms with van der Waals surface area (Å²) in [7, 11) is -0.450. The van der Waals surface area contributed by atoms with Gasteiger partial charge in [-0.25, -0.2) is 13.4 Å². The summed E-state index contributed by atoms with van der Waals surface area (Å²) < 4.78 is 35.0. The van der Waals surface area contributed by atoms with Crippen LogP contribution in [-0.4, -0.2) is 31.0 Å². The van der Waals surface area contributed by atoms with Gasteiger partial charge in [0, 0.05) is 18.3 Å². The Balaban J connectivity index is 1.48. The molecule has 9 heteroatoms.